The second kappa shape index (κ2) is 24.7. The summed E-state index contributed by atoms with van der Waals surface area (Å²) < 4.78 is 4.89. The van der Waals surface area contributed by atoms with Crippen LogP contribution in [0.25, 0.3) is 0 Å². The number of esters is 1. The van der Waals surface area contributed by atoms with Crippen LogP contribution in [0.3, 0.4) is 0 Å². The molecule has 2 N–H and O–H groups in total. The second-order valence-corrected chi connectivity index (χ2v) is 8.99. The molecule has 0 aliphatic heterocycles. The Bertz CT molecular complexity index is 346. The number of rotatable bonds is 24. The molecule has 0 saturated carbocycles. The summed E-state index contributed by atoms with van der Waals surface area (Å²) in [5.41, 5.74) is 0. The molecule has 1 unspecified atom stereocenters. The lowest BCUT2D eigenvalue weighted by atomic mass is 10.0. The van der Waals surface area contributed by atoms with Crippen LogP contribution in [-0.2, 0) is 9.53 Å². The Morgan fingerprint density at radius 3 is 1.30 bits per heavy atom. The summed E-state index contributed by atoms with van der Waals surface area (Å²) in [6, 6.07) is 0. The van der Waals surface area contributed by atoms with Crippen molar-refractivity contribution >= 4 is 5.97 Å². The fraction of sp³-hybridized carbons (Fsp3) is 0.962. The highest BCUT2D eigenvalue weighted by Crippen LogP contribution is 2.15. The maximum absolute atomic E-state index is 11.4. The lowest BCUT2D eigenvalue weighted by molar-refractivity contribution is -0.147. The summed E-state index contributed by atoms with van der Waals surface area (Å²) in [5, 5.41) is 17.8. The quantitative estimate of drug-likeness (QED) is 0.127. The van der Waals surface area contributed by atoms with Gasteiger partial charge in [-0.25, -0.2) is 0 Å². The van der Waals surface area contributed by atoms with Crippen molar-refractivity contribution in [2.75, 3.05) is 13.2 Å². The van der Waals surface area contributed by atoms with E-state index in [4.69, 9.17) is 14.9 Å². The fourth-order valence-electron chi connectivity index (χ4n) is 3.84. The lowest BCUT2D eigenvalue weighted by Gasteiger charge is -2.08. The lowest BCUT2D eigenvalue weighted by Crippen LogP contribution is -2.21. The molecular formula is C26H52O4. The summed E-state index contributed by atoms with van der Waals surface area (Å²) in [7, 11) is 0. The van der Waals surface area contributed by atoms with E-state index in [1.54, 1.807) is 0 Å². The Labute approximate surface area is 187 Å². The maximum Gasteiger partial charge on any atom is 0.305 e. The second-order valence-electron chi connectivity index (χ2n) is 8.99. The van der Waals surface area contributed by atoms with Crippen LogP contribution in [-0.4, -0.2) is 35.5 Å². The van der Waals surface area contributed by atoms with Crippen LogP contribution in [0.2, 0.25) is 0 Å². The van der Waals surface area contributed by atoms with Gasteiger partial charge in [0.1, 0.15) is 12.7 Å². The van der Waals surface area contributed by atoms with Crippen molar-refractivity contribution in [3.63, 3.8) is 0 Å². The molecule has 0 aromatic rings. The molecule has 0 aliphatic carbocycles. The van der Waals surface area contributed by atoms with Crippen molar-refractivity contribution in [3.8, 4) is 0 Å². The SMILES string of the molecule is CCCCCCCCCCCCCCCCCCCCCCC(=O)OCC(O)CO. The standard InChI is InChI=1S/C26H52O4/c1-2-3-4-5-6-7-8-9-10-11-12-13-14-15-16-17-18-19-20-21-22-26(29)30-24-25(28)23-27/h25,27-28H,2-24H2,1H3. The van der Waals surface area contributed by atoms with Gasteiger partial charge in [0.15, 0.2) is 0 Å². The molecule has 180 valence electrons. The molecular weight excluding hydrogens is 376 g/mol. The van der Waals surface area contributed by atoms with Gasteiger partial charge < -0.3 is 14.9 Å². The van der Waals surface area contributed by atoms with Crippen LogP contribution in [0.1, 0.15) is 142 Å². The van der Waals surface area contributed by atoms with E-state index in [1.807, 2.05) is 0 Å². The molecule has 0 spiro atoms. The topological polar surface area (TPSA) is 66.8 Å². The first-order valence-corrected chi connectivity index (χ1v) is 13.1. The van der Waals surface area contributed by atoms with Gasteiger partial charge in [0.05, 0.1) is 6.61 Å². The largest absolute Gasteiger partial charge is 0.463 e. The summed E-state index contributed by atoms with van der Waals surface area (Å²) >= 11 is 0. The first-order valence-electron chi connectivity index (χ1n) is 13.1. The monoisotopic (exact) mass is 428 g/mol. The van der Waals surface area contributed by atoms with E-state index in [0.717, 1.165) is 12.8 Å². The van der Waals surface area contributed by atoms with E-state index >= 15 is 0 Å². The van der Waals surface area contributed by atoms with Gasteiger partial charge in [0, 0.05) is 6.42 Å². The molecule has 0 aromatic carbocycles. The van der Waals surface area contributed by atoms with Gasteiger partial charge in [-0.2, -0.15) is 0 Å². The average molecular weight is 429 g/mol. The normalized spacial score (nSPS) is 12.2. The van der Waals surface area contributed by atoms with Gasteiger partial charge in [0.25, 0.3) is 0 Å². The van der Waals surface area contributed by atoms with Crippen molar-refractivity contribution in [1.82, 2.24) is 0 Å². The number of aliphatic hydroxyl groups is 2. The van der Waals surface area contributed by atoms with Crippen LogP contribution in [0, 0.1) is 0 Å². The molecule has 30 heavy (non-hydrogen) atoms. The van der Waals surface area contributed by atoms with Gasteiger partial charge in [-0.1, -0.05) is 129 Å². The average Bonchev–Trinajstić information content (AvgIpc) is 2.76. The molecule has 0 fully saturated rings. The molecule has 4 heteroatoms. The number of carbonyl (C=O) groups excluding carboxylic acids is 1. The van der Waals surface area contributed by atoms with Crippen LogP contribution in [0.4, 0.5) is 0 Å². The van der Waals surface area contributed by atoms with Crippen molar-refractivity contribution in [2.45, 2.75) is 148 Å². The number of hydrogen-bond acceptors (Lipinski definition) is 4. The van der Waals surface area contributed by atoms with Crippen LogP contribution in [0.5, 0.6) is 0 Å². The molecule has 0 radical (unpaired) electrons. The highest BCUT2D eigenvalue weighted by Gasteiger charge is 2.07. The maximum atomic E-state index is 11.4. The Morgan fingerprint density at radius 2 is 0.967 bits per heavy atom. The predicted molar refractivity (Wildman–Crippen MR) is 127 cm³/mol. The molecule has 0 amide bonds. The highest BCUT2D eigenvalue weighted by molar-refractivity contribution is 5.69. The van der Waals surface area contributed by atoms with E-state index < -0.39 is 6.10 Å². The zero-order valence-corrected chi connectivity index (χ0v) is 20.1. The van der Waals surface area contributed by atoms with E-state index in [2.05, 4.69) is 6.92 Å². The number of aliphatic hydroxyl groups excluding tert-OH is 2. The van der Waals surface area contributed by atoms with Gasteiger partial charge in [0.2, 0.25) is 0 Å². The number of ether oxygens (including phenoxy) is 1. The fourth-order valence-corrected chi connectivity index (χ4v) is 3.84. The van der Waals surface area contributed by atoms with Gasteiger partial charge in [-0.3, -0.25) is 4.79 Å². The first-order chi connectivity index (χ1) is 14.7. The minimum Gasteiger partial charge on any atom is -0.463 e. The predicted octanol–water partition coefficient (Wildman–Crippen LogP) is 7.09. The van der Waals surface area contributed by atoms with Gasteiger partial charge >= 0.3 is 5.97 Å². The summed E-state index contributed by atoms with van der Waals surface area (Å²) in [6.45, 7) is 1.81. The molecule has 0 aromatic heterocycles. The van der Waals surface area contributed by atoms with E-state index in [1.165, 1.54) is 116 Å². The van der Waals surface area contributed by atoms with Crippen molar-refractivity contribution in [1.29, 1.82) is 0 Å². The summed E-state index contributed by atoms with van der Waals surface area (Å²) in [6.07, 6.45) is 26.4. The van der Waals surface area contributed by atoms with Crippen LogP contribution in [0.15, 0.2) is 0 Å². The number of carbonyl (C=O) groups is 1. The first kappa shape index (κ1) is 29.4. The summed E-state index contributed by atoms with van der Waals surface area (Å²) in [5.74, 6) is -0.273. The van der Waals surface area contributed by atoms with E-state index in [-0.39, 0.29) is 19.2 Å². The molecule has 0 heterocycles. The van der Waals surface area contributed by atoms with Crippen molar-refractivity contribution in [3.05, 3.63) is 0 Å². The minimum atomic E-state index is -0.955. The zero-order chi connectivity index (χ0) is 22.1. The van der Waals surface area contributed by atoms with Gasteiger partial charge in [-0.15, -0.1) is 0 Å². The smallest absolute Gasteiger partial charge is 0.305 e. The van der Waals surface area contributed by atoms with E-state index in [9.17, 15) is 4.79 Å². The molecule has 0 bridgehead atoms. The molecule has 4 nitrogen and oxygen atoms in total. The van der Waals surface area contributed by atoms with Gasteiger partial charge in [-0.05, 0) is 6.42 Å². The highest BCUT2D eigenvalue weighted by atomic mass is 16.5. The third-order valence-electron chi connectivity index (χ3n) is 5.88. The molecule has 0 aliphatic rings. The molecule has 1 atom stereocenters. The third kappa shape index (κ3) is 23.7. The summed E-state index contributed by atoms with van der Waals surface area (Å²) in [4.78, 5) is 11.4. The number of hydrogen-bond donors (Lipinski definition) is 2. The van der Waals surface area contributed by atoms with Crippen molar-refractivity contribution < 1.29 is 19.7 Å². The molecule has 0 rings (SSSR count). The zero-order valence-electron chi connectivity index (χ0n) is 20.1. The van der Waals surface area contributed by atoms with Crippen LogP contribution >= 0.6 is 0 Å². The Kier molecular flexibility index (Phi) is 24.2. The Morgan fingerprint density at radius 1 is 0.633 bits per heavy atom. The van der Waals surface area contributed by atoms with Crippen LogP contribution < -0.4 is 0 Å². The number of unbranched alkanes of at least 4 members (excludes halogenated alkanes) is 19. The third-order valence-corrected chi connectivity index (χ3v) is 5.88. The molecule has 0 saturated heterocycles. The Hall–Kier alpha value is -0.610. The van der Waals surface area contributed by atoms with E-state index in [0.29, 0.717) is 6.42 Å². The minimum absolute atomic E-state index is 0.103. The Balaban J connectivity index is 3.10. The van der Waals surface area contributed by atoms with Crippen molar-refractivity contribution in [2.24, 2.45) is 0 Å².